The third kappa shape index (κ3) is 3.49. The SMILES string of the molecule is O=C1c2ccccc2C(=O)N1Cc1cc(Cl)c(O)c(NCC(O)CCl)c1. The number of aromatic hydroxyl groups is 1. The number of nitrogens with one attached hydrogen (secondary N) is 1. The van der Waals surface area contributed by atoms with Gasteiger partial charge in [0, 0.05) is 6.54 Å². The lowest BCUT2D eigenvalue weighted by Crippen LogP contribution is -2.29. The van der Waals surface area contributed by atoms with Crippen LogP contribution in [0.5, 0.6) is 5.75 Å². The van der Waals surface area contributed by atoms with Gasteiger partial charge in [0.25, 0.3) is 11.8 Å². The van der Waals surface area contributed by atoms with Gasteiger partial charge in [-0.05, 0) is 29.8 Å². The van der Waals surface area contributed by atoms with Crippen LogP contribution in [0.1, 0.15) is 26.3 Å². The number of benzene rings is 2. The minimum Gasteiger partial charge on any atom is -0.504 e. The Morgan fingerprint density at radius 1 is 1.12 bits per heavy atom. The van der Waals surface area contributed by atoms with Crippen LogP contribution in [0, 0.1) is 0 Å². The van der Waals surface area contributed by atoms with Crippen molar-refractivity contribution in [3.8, 4) is 5.75 Å². The van der Waals surface area contributed by atoms with E-state index in [0.29, 0.717) is 16.7 Å². The molecule has 1 atom stereocenters. The van der Waals surface area contributed by atoms with Crippen LogP contribution in [0.2, 0.25) is 5.02 Å². The summed E-state index contributed by atoms with van der Waals surface area (Å²) < 4.78 is 0. The molecule has 0 spiro atoms. The topological polar surface area (TPSA) is 89.9 Å². The monoisotopic (exact) mass is 394 g/mol. The van der Waals surface area contributed by atoms with Crippen molar-refractivity contribution in [1.82, 2.24) is 4.90 Å². The molecule has 1 aliphatic heterocycles. The lowest BCUT2D eigenvalue weighted by atomic mass is 10.1. The smallest absolute Gasteiger partial charge is 0.261 e. The fraction of sp³-hybridized carbons (Fsp3) is 0.222. The minimum absolute atomic E-state index is 0.0130. The number of amides is 2. The first-order valence-electron chi connectivity index (χ1n) is 7.87. The Morgan fingerprint density at radius 3 is 2.31 bits per heavy atom. The van der Waals surface area contributed by atoms with Gasteiger partial charge < -0.3 is 15.5 Å². The fourth-order valence-corrected chi connectivity index (χ4v) is 3.08. The zero-order valence-electron chi connectivity index (χ0n) is 13.6. The van der Waals surface area contributed by atoms with E-state index in [1.54, 1.807) is 30.3 Å². The van der Waals surface area contributed by atoms with Gasteiger partial charge in [-0.1, -0.05) is 23.7 Å². The summed E-state index contributed by atoms with van der Waals surface area (Å²) in [5.41, 5.74) is 1.58. The van der Waals surface area contributed by atoms with Crippen LogP contribution in [0.3, 0.4) is 0 Å². The zero-order valence-corrected chi connectivity index (χ0v) is 15.1. The molecule has 3 N–H and O–H groups in total. The normalized spacial score (nSPS) is 14.5. The standard InChI is InChI=1S/C18H16Cl2N2O4/c19-7-11(23)8-21-15-6-10(5-14(20)16(15)24)9-22-17(25)12-3-1-2-4-13(12)18(22)26/h1-6,11,21,23-24H,7-9H2. The first kappa shape index (κ1) is 18.5. The Morgan fingerprint density at radius 2 is 1.73 bits per heavy atom. The predicted octanol–water partition coefficient (Wildman–Crippen LogP) is 2.85. The first-order valence-corrected chi connectivity index (χ1v) is 8.78. The molecule has 1 aliphatic rings. The second kappa shape index (κ2) is 7.53. The lowest BCUT2D eigenvalue weighted by molar-refractivity contribution is 0.0642. The van der Waals surface area contributed by atoms with E-state index in [4.69, 9.17) is 23.2 Å². The summed E-state index contributed by atoms with van der Waals surface area (Å²) in [6.45, 7) is 0.128. The Labute approximate surface area is 160 Å². The number of hydrogen-bond donors (Lipinski definition) is 3. The zero-order chi connectivity index (χ0) is 18.8. The van der Waals surface area contributed by atoms with E-state index >= 15 is 0 Å². The van der Waals surface area contributed by atoms with Gasteiger partial charge in [-0.25, -0.2) is 0 Å². The Balaban J connectivity index is 1.83. The minimum atomic E-state index is -0.797. The van der Waals surface area contributed by atoms with Gasteiger partial charge in [0.2, 0.25) is 0 Å². The van der Waals surface area contributed by atoms with Crippen LogP contribution in [0.4, 0.5) is 5.69 Å². The first-order chi connectivity index (χ1) is 12.4. The summed E-state index contributed by atoms with van der Waals surface area (Å²) in [5, 5.41) is 22.5. The number of hydrogen-bond acceptors (Lipinski definition) is 5. The third-order valence-corrected chi connectivity index (χ3v) is 4.69. The van der Waals surface area contributed by atoms with Crippen molar-refractivity contribution in [3.05, 3.63) is 58.1 Å². The number of carbonyl (C=O) groups excluding carboxylic acids is 2. The molecule has 1 unspecified atom stereocenters. The van der Waals surface area contributed by atoms with Crippen molar-refractivity contribution < 1.29 is 19.8 Å². The van der Waals surface area contributed by atoms with Gasteiger partial charge in [-0.3, -0.25) is 14.5 Å². The van der Waals surface area contributed by atoms with E-state index in [-0.39, 0.29) is 47.2 Å². The number of anilines is 1. The van der Waals surface area contributed by atoms with Crippen molar-refractivity contribution in [2.45, 2.75) is 12.6 Å². The summed E-state index contributed by atoms with van der Waals surface area (Å²) in [7, 11) is 0. The fourth-order valence-electron chi connectivity index (χ4n) is 2.73. The third-order valence-electron chi connectivity index (χ3n) is 4.05. The van der Waals surface area contributed by atoms with Gasteiger partial charge in [-0.2, -0.15) is 0 Å². The van der Waals surface area contributed by atoms with E-state index in [1.165, 1.54) is 6.07 Å². The molecule has 0 saturated heterocycles. The lowest BCUT2D eigenvalue weighted by Gasteiger charge is -2.17. The maximum atomic E-state index is 12.5. The maximum absolute atomic E-state index is 12.5. The van der Waals surface area contributed by atoms with Gasteiger partial charge in [-0.15, -0.1) is 11.6 Å². The van der Waals surface area contributed by atoms with Crippen molar-refractivity contribution >= 4 is 40.7 Å². The molecule has 0 saturated carbocycles. The number of nitrogens with zero attached hydrogens (tertiary/aromatic N) is 1. The molecule has 2 aromatic rings. The van der Waals surface area contributed by atoms with E-state index in [0.717, 1.165) is 4.90 Å². The Kier molecular flexibility index (Phi) is 5.36. The van der Waals surface area contributed by atoms with Gasteiger partial charge in [0.1, 0.15) is 0 Å². The van der Waals surface area contributed by atoms with Gasteiger partial charge >= 0.3 is 0 Å². The number of rotatable bonds is 6. The molecule has 2 aromatic carbocycles. The molecule has 0 aromatic heterocycles. The number of phenolic OH excluding ortho intramolecular Hbond substituents is 1. The summed E-state index contributed by atoms with van der Waals surface area (Å²) in [4.78, 5) is 26.1. The molecule has 136 valence electrons. The second-order valence-electron chi connectivity index (χ2n) is 5.90. The average molecular weight is 395 g/mol. The quantitative estimate of drug-likeness (QED) is 0.398. The highest BCUT2D eigenvalue weighted by Crippen LogP contribution is 2.34. The second-order valence-corrected chi connectivity index (χ2v) is 6.62. The number of fused-ring (bicyclic) bond motifs is 1. The molecular formula is C18H16Cl2N2O4. The molecule has 1 heterocycles. The number of carbonyl (C=O) groups is 2. The van der Waals surface area contributed by atoms with Gasteiger partial charge in [0.05, 0.1) is 40.4 Å². The molecule has 3 rings (SSSR count). The van der Waals surface area contributed by atoms with Crippen molar-refractivity contribution in [1.29, 1.82) is 0 Å². The highest BCUT2D eigenvalue weighted by molar-refractivity contribution is 6.32. The van der Waals surface area contributed by atoms with Crippen molar-refractivity contribution in [2.75, 3.05) is 17.7 Å². The van der Waals surface area contributed by atoms with E-state index in [2.05, 4.69) is 5.32 Å². The Bertz CT molecular complexity index is 837. The van der Waals surface area contributed by atoms with Gasteiger partial charge in [0.15, 0.2) is 5.75 Å². The van der Waals surface area contributed by atoms with E-state index < -0.39 is 6.10 Å². The number of alkyl halides is 1. The maximum Gasteiger partial charge on any atom is 0.261 e. The van der Waals surface area contributed by atoms with Crippen LogP contribution < -0.4 is 5.32 Å². The molecule has 0 aliphatic carbocycles. The Hall–Kier alpha value is -2.28. The largest absolute Gasteiger partial charge is 0.504 e. The average Bonchev–Trinajstić information content (AvgIpc) is 2.88. The molecule has 0 fully saturated rings. The highest BCUT2D eigenvalue weighted by Gasteiger charge is 2.35. The van der Waals surface area contributed by atoms with Crippen LogP contribution in [-0.2, 0) is 6.54 Å². The summed E-state index contributed by atoms with van der Waals surface area (Å²) in [6.07, 6.45) is -0.797. The number of aliphatic hydroxyl groups excluding tert-OH is 1. The molecule has 0 bridgehead atoms. The van der Waals surface area contributed by atoms with Crippen molar-refractivity contribution in [2.24, 2.45) is 0 Å². The molecule has 2 amide bonds. The van der Waals surface area contributed by atoms with Crippen LogP contribution in [0.25, 0.3) is 0 Å². The van der Waals surface area contributed by atoms with E-state index in [9.17, 15) is 19.8 Å². The molecular weight excluding hydrogens is 379 g/mol. The molecule has 26 heavy (non-hydrogen) atoms. The number of imide groups is 1. The number of aliphatic hydroxyl groups is 1. The summed E-state index contributed by atoms with van der Waals surface area (Å²) in [5.74, 6) is -0.890. The van der Waals surface area contributed by atoms with Crippen molar-refractivity contribution in [3.63, 3.8) is 0 Å². The number of halogens is 2. The number of phenols is 1. The van der Waals surface area contributed by atoms with Crippen LogP contribution in [-0.4, -0.2) is 45.5 Å². The molecule has 8 heteroatoms. The summed E-state index contributed by atoms with van der Waals surface area (Å²) in [6, 6.07) is 9.69. The van der Waals surface area contributed by atoms with Crippen LogP contribution in [0.15, 0.2) is 36.4 Å². The van der Waals surface area contributed by atoms with E-state index in [1.807, 2.05) is 0 Å². The highest BCUT2D eigenvalue weighted by atomic mass is 35.5. The molecule has 0 radical (unpaired) electrons. The summed E-state index contributed by atoms with van der Waals surface area (Å²) >= 11 is 11.6. The van der Waals surface area contributed by atoms with Crippen LogP contribution >= 0.6 is 23.2 Å². The predicted molar refractivity (Wildman–Crippen MR) is 99.0 cm³/mol. The molecule has 6 nitrogen and oxygen atoms in total.